The van der Waals surface area contributed by atoms with Crippen LogP contribution in [0.15, 0.2) is 53.4 Å². The predicted octanol–water partition coefficient (Wildman–Crippen LogP) is 4.76. The minimum Gasteiger partial charge on any atom is -0.543 e. The third-order valence-electron chi connectivity index (χ3n) is 5.76. The molecule has 0 heterocycles. The molecule has 0 aliphatic heterocycles. The lowest BCUT2D eigenvalue weighted by molar-refractivity contribution is 0.488. The van der Waals surface area contributed by atoms with Crippen molar-refractivity contribution in [2.45, 2.75) is 57.1 Å². The molecule has 0 amide bonds. The summed E-state index contributed by atoms with van der Waals surface area (Å²) in [4.78, 5) is 2.72. The van der Waals surface area contributed by atoms with Gasteiger partial charge in [0.2, 0.25) is 8.32 Å². The SMILES string of the molecule is Cc1ccc(S(=O)(=O)NNC2=CCc3c(O[Si](C)(C)C(C)(C)C)cccc32)cc1. The third-order valence-corrected chi connectivity index (χ3v) is 11.4. The molecule has 0 saturated carbocycles. The number of hydrazine groups is 1. The predicted molar refractivity (Wildman–Crippen MR) is 121 cm³/mol. The van der Waals surface area contributed by atoms with Gasteiger partial charge in [-0.1, -0.05) is 56.7 Å². The monoisotopic (exact) mass is 430 g/mol. The number of hydrogen-bond acceptors (Lipinski definition) is 4. The first-order chi connectivity index (χ1) is 13.4. The van der Waals surface area contributed by atoms with E-state index < -0.39 is 18.3 Å². The van der Waals surface area contributed by atoms with Crippen LogP contribution in [0.1, 0.15) is 37.5 Å². The van der Waals surface area contributed by atoms with E-state index in [-0.39, 0.29) is 9.93 Å². The van der Waals surface area contributed by atoms with Crippen molar-refractivity contribution in [2.24, 2.45) is 0 Å². The highest BCUT2D eigenvalue weighted by Crippen LogP contribution is 2.40. The minimum absolute atomic E-state index is 0.104. The van der Waals surface area contributed by atoms with E-state index in [2.05, 4.69) is 44.1 Å². The molecule has 29 heavy (non-hydrogen) atoms. The van der Waals surface area contributed by atoms with Crippen molar-refractivity contribution < 1.29 is 12.8 Å². The second-order valence-corrected chi connectivity index (χ2v) is 15.4. The highest BCUT2D eigenvalue weighted by atomic mass is 32.2. The van der Waals surface area contributed by atoms with E-state index in [4.69, 9.17) is 4.43 Å². The van der Waals surface area contributed by atoms with Crippen molar-refractivity contribution in [1.29, 1.82) is 0 Å². The quantitative estimate of drug-likeness (QED) is 0.512. The molecule has 2 aromatic rings. The Bertz CT molecular complexity index is 1040. The van der Waals surface area contributed by atoms with Crippen LogP contribution < -0.4 is 14.7 Å². The van der Waals surface area contributed by atoms with Crippen LogP contribution in [0.3, 0.4) is 0 Å². The van der Waals surface area contributed by atoms with Crippen molar-refractivity contribution in [3.63, 3.8) is 0 Å². The molecule has 0 unspecified atom stereocenters. The van der Waals surface area contributed by atoms with Gasteiger partial charge in [0.1, 0.15) is 5.75 Å². The highest BCUT2D eigenvalue weighted by Gasteiger charge is 2.39. The normalized spacial score (nSPS) is 14.3. The van der Waals surface area contributed by atoms with E-state index in [1.807, 2.05) is 31.2 Å². The first kappa shape index (κ1) is 21.6. The lowest BCUT2D eigenvalue weighted by atomic mass is 10.1. The molecule has 0 aromatic heterocycles. The summed E-state index contributed by atoms with van der Waals surface area (Å²) < 4.78 is 31.6. The van der Waals surface area contributed by atoms with Gasteiger partial charge in [0.15, 0.2) is 0 Å². The van der Waals surface area contributed by atoms with E-state index in [9.17, 15) is 8.42 Å². The van der Waals surface area contributed by atoms with Gasteiger partial charge in [-0.15, -0.1) is 4.83 Å². The van der Waals surface area contributed by atoms with E-state index in [1.165, 1.54) is 0 Å². The maximum absolute atomic E-state index is 12.6. The largest absolute Gasteiger partial charge is 0.543 e. The number of aryl methyl sites for hydroxylation is 1. The molecule has 1 aliphatic carbocycles. The average molecular weight is 431 g/mol. The fraction of sp³-hybridized carbons (Fsp3) is 0.364. The lowest BCUT2D eigenvalue weighted by Crippen LogP contribution is -2.44. The molecule has 7 heteroatoms. The zero-order chi connectivity index (χ0) is 21.4. The van der Waals surface area contributed by atoms with Gasteiger partial charge in [0.25, 0.3) is 10.0 Å². The summed E-state index contributed by atoms with van der Waals surface area (Å²) in [6, 6.07) is 12.7. The van der Waals surface area contributed by atoms with Crippen LogP contribution in [0.25, 0.3) is 5.70 Å². The Labute approximate surface area is 175 Å². The Balaban J connectivity index is 1.77. The van der Waals surface area contributed by atoms with Gasteiger partial charge in [0, 0.05) is 11.1 Å². The second kappa shape index (κ2) is 7.63. The van der Waals surface area contributed by atoms with Gasteiger partial charge < -0.3 is 9.85 Å². The minimum atomic E-state index is -3.65. The van der Waals surface area contributed by atoms with Crippen molar-refractivity contribution in [3.8, 4) is 5.75 Å². The Hall–Kier alpha value is -2.09. The van der Waals surface area contributed by atoms with E-state index >= 15 is 0 Å². The molecule has 2 N–H and O–H groups in total. The smallest absolute Gasteiger partial charge is 0.257 e. The number of benzene rings is 2. The van der Waals surface area contributed by atoms with E-state index in [1.54, 1.807) is 24.3 Å². The van der Waals surface area contributed by atoms with Crippen molar-refractivity contribution >= 4 is 24.0 Å². The molecule has 3 rings (SSSR count). The number of rotatable bonds is 6. The maximum atomic E-state index is 12.6. The van der Waals surface area contributed by atoms with E-state index in [0.717, 1.165) is 28.1 Å². The summed E-state index contributed by atoms with van der Waals surface area (Å²) in [6.07, 6.45) is 2.69. The number of nitrogens with one attached hydrogen (secondary N) is 2. The van der Waals surface area contributed by atoms with E-state index in [0.29, 0.717) is 6.42 Å². The average Bonchev–Trinajstić information content (AvgIpc) is 3.03. The summed E-state index contributed by atoms with van der Waals surface area (Å²) in [7, 11) is -5.61. The Kier molecular flexibility index (Phi) is 5.68. The molecule has 0 saturated heterocycles. The topological polar surface area (TPSA) is 67.4 Å². The first-order valence-electron chi connectivity index (χ1n) is 9.77. The molecule has 0 fully saturated rings. The first-order valence-corrected chi connectivity index (χ1v) is 14.2. The number of fused-ring (bicyclic) bond motifs is 1. The molecule has 1 aliphatic rings. The van der Waals surface area contributed by atoms with Crippen molar-refractivity contribution in [2.75, 3.05) is 0 Å². The summed E-state index contributed by atoms with van der Waals surface area (Å²) in [5, 5.41) is 0.104. The Morgan fingerprint density at radius 2 is 1.69 bits per heavy atom. The zero-order valence-electron chi connectivity index (χ0n) is 18.0. The molecule has 156 valence electrons. The standard InChI is InChI=1S/C22H30N2O3SSi/c1-16-10-12-17(13-11-16)28(25,26)24-23-20-15-14-19-18(20)8-7-9-21(19)27-29(5,6)22(2,3)4/h7-13,15,23-24H,14H2,1-6H3. The van der Waals surface area contributed by atoms with Crippen LogP contribution >= 0.6 is 0 Å². The molecule has 0 bridgehead atoms. The molecular formula is C22H30N2O3SSi. The van der Waals surface area contributed by atoms with Crippen LogP contribution in [0.2, 0.25) is 18.1 Å². The zero-order valence-corrected chi connectivity index (χ0v) is 19.8. The Morgan fingerprint density at radius 3 is 2.31 bits per heavy atom. The molecule has 2 aromatic carbocycles. The second-order valence-electron chi connectivity index (χ2n) is 9.01. The van der Waals surface area contributed by atoms with Gasteiger partial charge >= 0.3 is 0 Å². The van der Waals surface area contributed by atoms with Crippen LogP contribution in [0.4, 0.5) is 0 Å². The fourth-order valence-corrected chi connectivity index (χ4v) is 4.79. The van der Waals surface area contributed by atoms with Crippen molar-refractivity contribution in [3.05, 3.63) is 65.2 Å². The lowest BCUT2D eigenvalue weighted by Gasteiger charge is -2.37. The summed E-state index contributed by atoms with van der Waals surface area (Å²) >= 11 is 0. The summed E-state index contributed by atoms with van der Waals surface area (Å²) in [6.45, 7) is 13.0. The maximum Gasteiger partial charge on any atom is 0.257 e. The van der Waals surface area contributed by atoms with Gasteiger partial charge in [-0.3, -0.25) is 0 Å². The molecule has 0 atom stereocenters. The van der Waals surface area contributed by atoms with Crippen LogP contribution in [-0.2, 0) is 16.4 Å². The van der Waals surface area contributed by atoms with Gasteiger partial charge in [-0.2, -0.15) is 0 Å². The van der Waals surface area contributed by atoms with Gasteiger partial charge in [-0.25, -0.2) is 8.42 Å². The fourth-order valence-electron chi connectivity index (χ4n) is 2.88. The number of hydrogen-bond donors (Lipinski definition) is 2. The summed E-state index contributed by atoms with van der Waals surface area (Å²) in [5.41, 5.74) is 6.71. The van der Waals surface area contributed by atoms with Crippen LogP contribution in [0.5, 0.6) is 5.75 Å². The molecule has 5 nitrogen and oxygen atoms in total. The number of sulfonamides is 1. The number of allylic oxidation sites excluding steroid dienone is 1. The van der Waals surface area contributed by atoms with Crippen LogP contribution in [-0.4, -0.2) is 16.7 Å². The summed E-state index contributed by atoms with van der Waals surface area (Å²) in [5.74, 6) is 0.892. The molecule has 0 spiro atoms. The van der Waals surface area contributed by atoms with Crippen molar-refractivity contribution in [1.82, 2.24) is 10.3 Å². The van der Waals surface area contributed by atoms with Crippen LogP contribution in [0, 0.1) is 6.92 Å². The third kappa shape index (κ3) is 4.57. The van der Waals surface area contributed by atoms with Gasteiger partial charge in [-0.05, 0) is 49.7 Å². The Morgan fingerprint density at radius 1 is 1.03 bits per heavy atom. The molecule has 0 radical (unpaired) electrons. The molecular weight excluding hydrogens is 400 g/mol. The van der Waals surface area contributed by atoms with Gasteiger partial charge in [0.05, 0.1) is 10.6 Å². The highest BCUT2D eigenvalue weighted by molar-refractivity contribution is 7.89.